The first-order chi connectivity index (χ1) is 46.6. The zero-order valence-electron chi connectivity index (χ0n) is 60.2. The number of methoxy groups -OCH3 is 1. The summed E-state index contributed by atoms with van der Waals surface area (Å²) in [5, 5.41) is 14.9. The summed E-state index contributed by atoms with van der Waals surface area (Å²) in [5.74, 6) is 3.12. The molecule has 0 saturated carbocycles. The van der Waals surface area contributed by atoms with Gasteiger partial charge in [-0.2, -0.15) is 15.3 Å². The zero-order valence-corrected chi connectivity index (χ0v) is 60.2. The molecule has 97 heavy (non-hydrogen) atoms. The number of alkyl halides is 4. The van der Waals surface area contributed by atoms with Crippen LogP contribution in [0.4, 0.5) is 62.8 Å². The van der Waals surface area contributed by atoms with Crippen LogP contribution < -0.4 is 19.6 Å². The highest BCUT2D eigenvalue weighted by Crippen LogP contribution is 2.41. The van der Waals surface area contributed by atoms with Gasteiger partial charge in [0.25, 0.3) is 12.9 Å². The summed E-state index contributed by atoms with van der Waals surface area (Å²) < 4.78 is 81.5. The van der Waals surface area contributed by atoms with Crippen molar-refractivity contribution >= 4 is 58.4 Å². The van der Waals surface area contributed by atoms with E-state index in [4.69, 9.17) is 34.2 Å². The number of hydrogen-bond donors (Lipinski definition) is 0. The highest BCUT2D eigenvalue weighted by molar-refractivity contribution is 5.76. The van der Waals surface area contributed by atoms with E-state index in [1.165, 1.54) is 37.3 Å². The van der Waals surface area contributed by atoms with Crippen LogP contribution in [-0.4, -0.2) is 179 Å². The lowest BCUT2D eigenvalue weighted by molar-refractivity contribution is -0.130. The third-order valence-corrected chi connectivity index (χ3v) is 18.4. The van der Waals surface area contributed by atoms with Crippen LogP contribution in [0.3, 0.4) is 0 Å². The Morgan fingerprint density at radius 1 is 0.505 bits per heavy atom. The molecule has 0 aromatic carbocycles. The predicted octanol–water partition coefficient (Wildman–Crippen LogP) is 13.1. The standard InChI is InChI=1S/C22H32N6O2.C21H27F2N5O3.C21H27F2N5O2.3C2H6/c1-15-21(25(3)4)12-18(13-23-15)26(5)22-19-14-27(16(2)29)9-6-20(19)28(24-22)17-7-10-30-11-8-17;1-13-11-24-18(10-15(13)19(22)23)26(2)20-16-12-27(21(29)30-3)7-4-17(16)28(25-20)14-5-8-31-9-6-14;1-13-11-24-19(10-16(13)20(22)23)26(3)21-17-12-27(14(2)29)7-4-18(17)28(25-21)15-5-8-30-9-6-15;3*1-2/h12-13,17H,6-11,14H2,1-5H3;10-11,14,19H,4-9,12H2,1-3H3;10-11,15,20H,4-9,12H2,1-3H3;3*1-2H3. The normalized spacial score (nSPS) is 16.3. The van der Waals surface area contributed by atoms with Crippen molar-refractivity contribution in [3.05, 3.63) is 98.5 Å². The van der Waals surface area contributed by atoms with E-state index in [0.29, 0.717) is 106 Å². The molecule has 6 aromatic rings. The van der Waals surface area contributed by atoms with Gasteiger partial charge in [0.1, 0.15) is 11.6 Å². The summed E-state index contributed by atoms with van der Waals surface area (Å²) in [6.07, 6.45) is 6.90. The Morgan fingerprint density at radius 3 is 1.18 bits per heavy atom. The van der Waals surface area contributed by atoms with Crippen LogP contribution in [0.25, 0.3) is 0 Å². The number of nitrogens with zero attached hydrogens (tertiary/aromatic N) is 16. The van der Waals surface area contributed by atoms with Crippen molar-refractivity contribution in [2.24, 2.45) is 0 Å². The molecule has 3 amide bonds. The average Bonchev–Trinajstić information content (AvgIpc) is 1.64. The van der Waals surface area contributed by atoms with Crippen LogP contribution in [0.15, 0.2) is 36.8 Å². The smallest absolute Gasteiger partial charge is 0.409 e. The van der Waals surface area contributed by atoms with Crippen LogP contribution in [-0.2, 0) is 67.4 Å². The minimum absolute atomic E-state index is 0.0153. The summed E-state index contributed by atoms with van der Waals surface area (Å²) in [5.41, 5.74) is 10.3. The number of carbonyl (C=O) groups excluding carboxylic acids is 3. The van der Waals surface area contributed by atoms with Crippen molar-refractivity contribution in [1.29, 1.82) is 0 Å². The van der Waals surface area contributed by atoms with E-state index >= 15 is 0 Å². The molecule has 6 aliphatic heterocycles. The molecular formula is C70H104F4N16O7. The van der Waals surface area contributed by atoms with Crippen molar-refractivity contribution < 1.29 is 50.9 Å². The van der Waals surface area contributed by atoms with Crippen molar-refractivity contribution in [1.82, 2.24) is 59.0 Å². The molecule has 0 spiro atoms. The van der Waals surface area contributed by atoms with Crippen LogP contribution in [0, 0.1) is 20.8 Å². The molecule has 6 aliphatic rings. The van der Waals surface area contributed by atoms with Gasteiger partial charge in [-0.1, -0.05) is 41.5 Å². The summed E-state index contributed by atoms with van der Waals surface area (Å²) in [6, 6.07) is 5.77. The van der Waals surface area contributed by atoms with Gasteiger partial charge in [0.05, 0.1) is 68.1 Å². The van der Waals surface area contributed by atoms with Gasteiger partial charge in [-0.3, -0.25) is 28.6 Å². The van der Waals surface area contributed by atoms with E-state index in [9.17, 15) is 31.9 Å². The number of aryl methyl sites for hydroxylation is 3. The third-order valence-electron chi connectivity index (χ3n) is 18.4. The fraction of sp³-hybridized carbons (Fsp3) is 0.614. The van der Waals surface area contributed by atoms with E-state index < -0.39 is 18.9 Å². The largest absolute Gasteiger partial charge is 0.453 e. The Labute approximate surface area is 570 Å². The van der Waals surface area contributed by atoms with Crippen molar-refractivity contribution in [2.75, 3.05) is 121 Å². The molecule has 3 saturated heterocycles. The fourth-order valence-electron chi connectivity index (χ4n) is 13.0. The van der Waals surface area contributed by atoms with E-state index in [1.807, 2.05) is 85.4 Å². The van der Waals surface area contributed by atoms with Gasteiger partial charge in [-0.15, -0.1) is 0 Å². The number of hydrogen-bond acceptors (Lipinski definition) is 17. The third kappa shape index (κ3) is 17.7. The minimum atomic E-state index is -2.58. The maximum atomic E-state index is 13.4. The van der Waals surface area contributed by atoms with Crippen LogP contribution in [0.5, 0.6) is 0 Å². The number of carbonyl (C=O) groups is 3. The average molecular weight is 1360 g/mol. The van der Waals surface area contributed by atoms with E-state index in [-0.39, 0.29) is 35.0 Å². The lowest BCUT2D eigenvalue weighted by Crippen LogP contribution is -2.37. The van der Waals surface area contributed by atoms with Gasteiger partial charge in [-0.05, 0) is 88.6 Å². The summed E-state index contributed by atoms with van der Waals surface area (Å²) in [4.78, 5) is 62.5. The number of aromatic nitrogens is 9. The van der Waals surface area contributed by atoms with E-state index in [0.717, 1.165) is 122 Å². The molecule has 3 fully saturated rings. The number of anilines is 7. The highest BCUT2D eigenvalue weighted by Gasteiger charge is 2.36. The molecule has 23 nitrogen and oxygen atoms in total. The minimum Gasteiger partial charge on any atom is -0.453 e. The van der Waals surface area contributed by atoms with E-state index in [2.05, 4.69) is 40.2 Å². The number of halogens is 4. The molecular weight excluding hydrogens is 1250 g/mol. The zero-order chi connectivity index (χ0) is 70.9. The number of ether oxygens (including phenoxy) is 4. The van der Waals surface area contributed by atoms with Gasteiger partial charge in [0.15, 0.2) is 17.5 Å². The van der Waals surface area contributed by atoms with Gasteiger partial charge in [0.2, 0.25) is 11.8 Å². The first-order valence-corrected chi connectivity index (χ1v) is 34.4. The van der Waals surface area contributed by atoms with Gasteiger partial charge < -0.3 is 53.2 Å². The van der Waals surface area contributed by atoms with Crippen LogP contribution in [0.1, 0.15) is 187 Å². The molecule has 0 aliphatic carbocycles. The second-order valence-corrected chi connectivity index (χ2v) is 24.4. The summed E-state index contributed by atoms with van der Waals surface area (Å²) in [6.45, 7) is 28.1. The number of rotatable bonds is 12. The quantitative estimate of drug-likeness (QED) is 0.105. The molecule has 0 bridgehead atoms. The first kappa shape index (κ1) is 76.5. The maximum Gasteiger partial charge on any atom is 0.409 e. The van der Waals surface area contributed by atoms with Crippen LogP contribution in [0.2, 0.25) is 0 Å². The number of amides is 3. The number of fused-ring (bicyclic) bond motifs is 3. The molecule has 0 radical (unpaired) electrons. The maximum absolute atomic E-state index is 13.4. The Morgan fingerprint density at radius 2 is 0.845 bits per heavy atom. The van der Waals surface area contributed by atoms with Crippen molar-refractivity contribution in [2.45, 2.75) is 185 Å². The lowest BCUT2D eigenvalue weighted by atomic mass is 10.0. The molecule has 27 heteroatoms. The lowest BCUT2D eigenvalue weighted by Gasteiger charge is -2.29. The Balaban J connectivity index is 0.000000197. The predicted molar refractivity (Wildman–Crippen MR) is 369 cm³/mol. The van der Waals surface area contributed by atoms with Gasteiger partial charge in [0, 0.05) is 185 Å². The Hall–Kier alpha value is -7.91. The molecule has 0 unspecified atom stereocenters. The molecule has 534 valence electrons. The topological polar surface area (TPSA) is 203 Å². The molecule has 12 heterocycles. The molecule has 0 atom stereocenters. The molecule has 6 aromatic heterocycles. The SMILES string of the molecule is CC.CC.CC.CC(=O)N1CCc2c(c(N(C)c3cc(C(F)F)c(C)cn3)nn2C2CCOCC2)C1.CC(=O)N1CCc2c(c(N(C)c3cnc(C)c(N(C)C)c3)nn2C2CCOCC2)C1.COC(=O)N1CCc2c(c(N(C)c3cc(C(F)F)c(C)cn3)nn2C2CCOCC2)C1. The second kappa shape index (κ2) is 35.6. The highest BCUT2D eigenvalue weighted by atomic mass is 19.3. The first-order valence-electron chi connectivity index (χ1n) is 34.4. The second-order valence-electron chi connectivity index (χ2n) is 24.4. The monoisotopic (exact) mass is 1360 g/mol. The van der Waals surface area contributed by atoms with E-state index in [1.54, 1.807) is 61.4 Å². The summed E-state index contributed by atoms with van der Waals surface area (Å²) in [7, 11) is 11.0. The Bertz CT molecular complexity index is 3410. The van der Waals surface area contributed by atoms with Crippen molar-refractivity contribution in [3.63, 3.8) is 0 Å². The van der Waals surface area contributed by atoms with Crippen molar-refractivity contribution in [3.8, 4) is 0 Å². The van der Waals surface area contributed by atoms with Crippen LogP contribution >= 0.6 is 0 Å². The fourth-order valence-corrected chi connectivity index (χ4v) is 13.0. The van der Waals surface area contributed by atoms with Gasteiger partial charge in [-0.25, -0.2) is 32.3 Å². The summed E-state index contributed by atoms with van der Waals surface area (Å²) >= 11 is 0. The molecule has 0 N–H and O–H groups in total. The number of pyridine rings is 3. The van der Waals surface area contributed by atoms with Gasteiger partial charge >= 0.3 is 6.09 Å². The molecule has 12 rings (SSSR count). The Kier molecular flexibility index (Phi) is 28.0.